The third-order valence-electron chi connectivity index (χ3n) is 3.07. The molecule has 132 valence electrons. The number of nitrogens with zero attached hydrogens (tertiary/aromatic N) is 1. The first-order valence-electron chi connectivity index (χ1n) is 7.47. The molecule has 2 aromatic rings. The number of hydrogen-bond acceptors (Lipinski definition) is 5. The molecule has 0 unspecified atom stereocenters. The van der Waals surface area contributed by atoms with Gasteiger partial charge in [-0.3, -0.25) is 20.4 Å². The van der Waals surface area contributed by atoms with Gasteiger partial charge in [0.1, 0.15) is 5.15 Å². The molecule has 1 heterocycles. The monoisotopic (exact) mass is 363 g/mol. The number of carbonyl (C=O) groups excluding carboxylic acids is 2. The lowest BCUT2D eigenvalue weighted by molar-refractivity contribution is 0.0846. The van der Waals surface area contributed by atoms with Crippen LogP contribution in [0.15, 0.2) is 36.5 Å². The number of hydrazine groups is 1. The van der Waals surface area contributed by atoms with Gasteiger partial charge in [0, 0.05) is 11.8 Å². The van der Waals surface area contributed by atoms with Crippen LogP contribution in [0.3, 0.4) is 0 Å². The molecule has 0 aliphatic rings. The fourth-order valence-corrected chi connectivity index (χ4v) is 2.04. The summed E-state index contributed by atoms with van der Waals surface area (Å²) in [6.45, 7) is 3.78. The molecule has 0 atom stereocenters. The number of nitrogens with one attached hydrogen (secondary N) is 2. The molecule has 0 radical (unpaired) electrons. The van der Waals surface area contributed by atoms with E-state index in [1.165, 1.54) is 31.5 Å². The highest BCUT2D eigenvalue weighted by atomic mass is 35.5. The van der Waals surface area contributed by atoms with E-state index in [1.807, 2.05) is 13.8 Å². The van der Waals surface area contributed by atoms with E-state index in [4.69, 9.17) is 21.1 Å². The summed E-state index contributed by atoms with van der Waals surface area (Å²) in [5, 5.41) is 0.274. The van der Waals surface area contributed by atoms with Gasteiger partial charge >= 0.3 is 0 Å². The van der Waals surface area contributed by atoms with Crippen molar-refractivity contribution in [2.45, 2.75) is 20.0 Å². The third kappa shape index (κ3) is 5.09. The number of ether oxygens (including phenoxy) is 2. The molecular formula is C17H18ClN3O4. The molecule has 8 heteroatoms. The van der Waals surface area contributed by atoms with Crippen LogP contribution in [-0.2, 0) is 0 Å². The normalized spacial score (nSPS) is 10.3. The second kappa shape index (κ2) is 8.34. The summed E-state index contributed by atoms with van der Waals surface area (Å²) in [6.07, 6.45) is 1.28. The third-order valence-corrected chi connectivity index (χ3v) is 3.29. The fraction of sp³-hybridized carbons (Fsp3) is 0.235. The molecule has 2 rings (SSSR count). The van der Waals surface area contributed by atoms with Gasteiger partial charge in [-0.2, -0.15) is 0 Å². The van der Waals surface area contributed by atoms with Gasteiger partial charge in [-0.15, -0.1) is 0 Å². The number of amides is 2. The standard InChI is InChI=1S/C17H18ClN3O4/c1-10(2)25-13-6-4-11(8-14(13)24-3)16(22)20-21-17(23)12-5-7-15(18)19-9-12/h4-10H,1-3H3,(H,20,22)(H,21,23). The molecule has 0 fully saturated rings. The summed E-state index contributed by atoms with van der Waals surface area (Å²) in [7, 11) is 1.49. The molecule has 0 spiro atoms. The Hall–Kier alpha value is -2.80. The molecule has 0 saturated heterocycles. The Balaban J connectivity index is 2.02. The van der Waals surface area contributed by atoms with Crippen molar-refractivity contribution < 1.29 is 19.1 Å². The zero-order valence-corrected chi connectivity index (χ0v) is 14.8. The molecule has 0 aliphatic carbocycles. The van der Waals surface area contributed by atoms with Gasteiger partial charge in [-0.05, 0) is 44.2 Å². The topological polar surface area (TPSA) is 89.6 Å². The minimum Gasteiger partial charge on any atom is -0.493 e. The summed E-state index contributed by atoms with van der Waals surface area (Å²) in [6, 6.07) is 7.72. The maximum Gasteiger partial charge on any atom is 0.271 e. The van der Waals surface area contributed by atoms with Gasteiger partial charge in [0.15, 0.2) is 11.5 Å². The van der Waals surface area contributed by atoms with Crippen LogP contribution < -0.4 is 20.3 Å². The molecule has 0 aliphatic heterocycles. The van der Waals surface area contributed by atoms with Crippen LogP contribution in [0.25, 0.3) is 0 Å². The summed E-state index contributed by atoms with van der Waals surface area (Å²) in [5.41, 5.74) is 5.21. The first-order chi connectivity index (χ1) is 11.9. The lowest BCUT2D eigenvalue weighted by Gasteiger charge is -2.14. The quantitative estimate of drug-likeness (QED) is 0.629. The Morgan fingerprint density at radius 2 is 1.68 bits per heavy atom. The van der Waals surface area contributed by atoms with Gasteiger partial charge in [-0.25, -0.2) is 4.98 Å². The number of benzene rings is 1. The van der Waals surface area contributed by atoms with Crippen LogP contribution >= 0.6 is 11.6 Å². The number of carbonyl (C=O) groups is 2. The van der Waals surface area contributed by atoms with E-state index in [-0.39, 0.29) is 16.8 Å². The van der Waals surface area contributed by atoms with Gasteiger partial charge in [0.2, 0.25) is 0 Å². The van der Waals surface area contributed by atoms with Crippen molar-refractivity contribution in [3.63, 3.8) is 0 Å². The highest BCUT2D eigenvalue weighted by Gasteiger charge is 2.13. The van der Waals surface area contributed by atoms with Crippen LogP contribution in [-0.4, -0.2) is 30.0 Å². The Bertz CT molecular complexity index is 763. The zero-order chi connectivity index (χ0) is 18.4. The largest absolute Gasteiger partial charge is 0.493 e. The number of pyridine rings is 1. The van der Waals surface area contributed by atoms with Gasteiger partial charge in [-0.1, -0.05) is 11.6 Å². The Morgan fingerprint density at radius 3 is 2.24 bits per heavy atom. The SMILES string of the molecule is COc1cc(C(=O)NNC(=O)c2ccc(Cl)nc2)ccc1OC(C)C. The maximum absolute atomic E-state index is 12.2. The molecule has 2 N–H and O–H groups in total. The second-order valence-electron chi connectivity index (χ2n) is 5.31. The summed E-state index contributed by atoms with van der Waals surface area (Å²) >= 11 is 5.66. The fourth-order valence-electron chi connectivity index (χ4n) is 1.93. The van der Waals surface area contributed by atoms with E-state index in [0.29, 0.717) is 17.1 Å². The van der Waals surface area contributed by atoms with E-state index in [2.05, 4.69) is 15.8 Å². The maximum atomic E-state index is 12.2. The highest BCUT2D eigenvalue weighted by molar-refractivity contribution is 6.29. The van der Waals surface area contributed by atoms with Crippen molar-refractivity contribution in [3.05, 3.63) is 52.8 Å². The lowest BCUT2D eigenvalue weighted by Crippen LogP contribution is -2.41. The number of aromatic nitrogens is 1. The van der Waals surface area contributed by atoms with Crippen molar-refractivity contribution in [2.75, 3.05) is 7.11 Å². The predicted molar refractivity (Wildman–Crippen MR) is 92.9 cm³/mol. The van der Waals surface area contributed by atoms with Crippen LogP contribution in [0.2, 0.25) is 5.15 Å². The minimum atomic E-state index is -0.510. The smallest absolute Gasteiger partial charge is 0.271 e. The lowest BCUT2D eigenvalue weighted by atomic mass is 10.2. The molecule has 2 amide bonds. The van der Waals surface area contributed by atoms with Crippen molar-refractivity contribution in [1.82, 2.24) is 15.8 Å². The van der Waals surface area contributed by atoms with Crippen molar-refractivity contribution in [3.8, 4) is 11.5 Å². The Labute approximate surface area is 150 Å². The average molecular weight is 364 g/mol. The zero-order valence-electron chi connectivity index (χ0n) is 14.0. The highest BCUT2D eigenvalue weighted by Crippen LogP contribution is 2.28. The van der Waals surface area contributed by atoms with Crippen LogP contribution in [0, 0.1) is 0 Å². The van der Waals surface area contributed by atoms with E-state index in [1.54, 1.807) is 12.1 Å². The van der Waals surface area contributed by atoms with E-state index in [0.717, 1.165) is 0 Å². The molecule has 1 aromatic heterocycles. The van der Waals surface area contributed by atoms with Crippen LogP contribution in [0.4, 0.5) is 0 Å². The van der Waals surface area contributed by atoms with E-state index >= 15 is 0 Å². The Kier molecular flexibility index (Phi) is 6.19. The average Bonchev–Trinajstić information content (AvgIpc) is 2.59. The van der Waals surface area contributed by atoms with Crippen LogP contribution in [0.5, 0.6) is 11.5 Å². The van der Waals surface area contributed by atoms with E-state index in [9.17, 15) is 9.59 Å². The number of halogens is 1. The predicted octanol–water partition coefficient (Wildman–Crippen LogP) is 2.61. The van der Waals surface area contributed by atoms with Crippen molar-refractivity contribution >= 4 is 23.4 Å². The van der Waals surface area contributed by atoms with Gasteiger partial charge in [0.05, 0.1) is 18.8 Å². The number of rotatable bonds is 5. The summed E-state index contributed by atoms with van der Waals surface area (Å²) in [4.78, 5) is 27.9. The second-order valence-corrected chi connectivity index (χ2v) is 5.70. The van der Waals surface area contributed by atoms with Crippen molar-refractivity contribution in [2.24, 2.45) is 0 Å². The van der Waals surface area contributed by atoms with Gasteiger partial charge < -0.3 is 9.47 Å². The minimum absolute atomic E-state index is 0.0270. The first kappa shape index (κ1) is 18.5. The molecule has 1 aromatic carbocycles. The number of methoxy groups -OCH3 is 1. The summed E-state index contributed by atoms with van der Waals surface area (Å²) in [5.74, 6) is -0.0474. The molecule has 0 saturated carbocycles. The molecule has 25 heavy (non-hydrogen) atoms. The van der Waals surface area contributed by atoms with Crippen LogP contribution in [0.1, 0.15) is 34.6 Å². The number of hydrogen-bond donors (Lipinski definition) is 2. The Morgan fingerprint density at radius 1 is 1.04 bits per heavy atom. The van der Waals surface area contributed by atoms with Crippen molar-refractivity contribution in [1.29, 1.82) is 0 Å². The molecular weight excluding hydrogens is 346 g/mol. The summed E-state index contributed by atoms with van der Waals surface area (Å²) < 4.78 is 10.8. The first-order valence-corrected chi connectivity index (χ1v) is 7.85. The van der Waals surface area contributed by atoms with Gasteiger partial charge in [0.25, 0.3) is 11.8 Å². The molecule has 7 nitrogen and oxygen atoms in total. The molecule has 0 bridgehead atoms. The van der Waals surface area contributed by atoms with E-state index < -0.39 is 11.8 Å².